The zero-order chi connectivity index (χ0) is 12.3. The highest BCUT2D eigenvalue weighted by Gasteiger charge is 2.32. The van der Waals surface area contributed by atoms with Crippen molar-refractivity contribution < 1.29 is 0 Å². The van der Waals surface area contributed by atoms with Crippen LogP contribution in [0, 0.1) is 11.3 Å². The molecule has 0 saturated heterocycles. The molecule has 0 aromatic rings. The normalized spacial score (nSPS) is 24.1. The molecular weight excluding hydrogens is 210 g/mol. The van der Waals surface area contributed by atoms with Gasteiger partial charge in [-0.05, 0) is 59.0 Å². The quantitative estimate of drug-likeness (QED) is 0.736. The molecular formula is C14H25N3. The van der Waals surface area contributed by atoms with Crippen LogP contribution in [0.15, 0.2) is 0 Å². The van der Waals surface area contributed by atoms with Crippen LogP contribution in [-0.4, -0.2) is 36.1 Å². The summed E-state index contributed by atoms with van der Waals surface area (Å²) in [6, 6.07) is 3.89. The van der Waals surface area contributed by atoms with Crippen molar-refractivity contribution >= 4 is 0 Å². The van der Waals surface area contributed by atoms with Crippen molar-refractivity contribution in [1.82, 2.24) is 10.2 Å². The maximum Gasteiger partial charge on any atom is 0.104 e. The lowest BCUT2D eigenvalue weighted by atomic mass is 9.91. The Morgan fingerprint density at radius 2 is 2.06 bits per heavy atom. The number of nitrogens with one attached hydrogen (secondary N) is 1. The van der Waals surface area contributed by atoms with E-state index in [0.29, 0.717) is 6.04 Å². The Hall–Kier alpha value is -0.590. The van der Waals surface area contributed by atoms with Crippen molar-refractivity contribution in [3.05, 3.63) is 0 Å². The second-order valence-electron chi connectivity index (χ2n) is 6.03. The highest BCUT2D eigenvalue weighted by molar-refractivity contribution is 5.07. The third-order valence-corrected chi connectivity index (χ3v) is 4.23. The Morgan fingerprint density at radius 1 is 1.35 bits per heavy atom. The third-order valence-electron chi connectivity index (χ3n) is 4.23. The van der Waals surface area contributed by atoms with Crippen LogP contribution >= 0.6 is 0 Å². The number of hydrogen-bond donors (Lipinski definition) is 1. The lowest BCUT2D eigenvalue weighted by Crippen LogP contribution is -2.43. The van der Waals surface area contributed by atoms with E-state index in [-0.39, 0.29) is 5.54 Å². The van der Waals surface area contributed by atoms with Crippen LogP contribution in [0.4, 0.5) is 0 Å². The molecule has 0 aliphatic heterocycles. The first-order valence-corrected chi connectivity index (χ1v) is 7.02. The number of nitriles is 1. The fourth-order valence-electron chi connectivity index (χ4n) is 2.53. The highest BCUT2D eigenvalue weighted by Crippen LogP contribution is 2.26. The second-order valence-corrected chi connectivity index (χ2v) is 6.03. The minimum atomic E-state index is -0.304. The van der Waals surface area contributed by atoms with Gasteiger partial charge in [0.1, 0.15) is 5.54 Å². The monoisotopic (exact) mass is 235 g/mol. The zero-order valence-electron chi connectivity index (χ0n) is 11.2. The number of nitrogens with zero attached hydrogens (tertiary/aromatic N) is 2. The van der Waals surface area contributed by atoms with E-state index < -0.39 is 0 Å². The van der Waals surface area contributed by atoms with E-state index in [2.05, 4.69) is 30.3 Å². The molecule has 1 N–H and O–H groups in total. The van der Waals surface area contributed by atoms with Gasteiger partial charge < -0.3 is 4.90 Å². The van der Waals surface area contributed by atoms with Crippen LogP contribution in [-0.2, 0) is 0 Å². The van der Waals surface area contributed by atoms with Gasteiger partial charge in [0.25, 0.3) is 0 Å². The molecule has 3 nitrogen and oxygen atoms in total. The molecule has 3 heteroatoms. The average molecular weight is 235 g/mol. The fourth-order valence-corrected chi connectivity index (χ4v) is 2.53. The summed E-state index contributed by atoms with van der Waals surface area (Å²) in [6.07, 6.45) is 8.72. The number of hydrogen-bond acceptors (Lipinski definition) is 3. The van der Waals surface area contributed by atoms with Crippen molar-refractivity contribution in [3.63, 3.8) is 0 Å². The summed E-state index contributed by atoms with van der Waals surface area (Å²) >= 11 is 0. The topological polar surface area (TPSA) is 39.1 Å². The second kappa shape index (κ2) is 5.37. The summed E-state index contributed by atoms with van der Waals surface area (Å²) < 4.78 is 0. The lowest BCUT2D eigenvalue weighted by molar-refractivity contribution is 0.154. The SMILES string of the molecule is CN(CCCC(C)(C#N)NC1CC1)C1CCC1. The molecule has 96 valence electrons. The van der Waals surface area contributed by atoms with Gasteiger partial charge in [-0.15, -0.1) is 0 Å². The molecule has 0 spiro atoms. The summed E-state index contributed by atoms with van der Waals surface area (Å²) in [7, 11) is 2.22. The van der Waals surface area contributed by atoms with Crippen LogP contribution in [0.3, 0.4) is 0 Å². The Bertz CT molecular complexity index is 288. The van der Waals surface area contributed by atoms with Gasteiger partial charge in [-0.1, -0.05) is 6.42 Å². The first kappa shape index (κ1) is 12.9. The predicted molar refractivity (Wildman–Crippen MR) is 69.7 cm³/mol. The number of rotatable bonds is 7. The molecule has 0 amide bonds. The maximum atomic E-state index is 9.27. The van der Waals surface area contributed by atoms with Gasteiger partial charge >= 0.3 is 0 Å². The van der Waals surface area contributed by atoms with E-state index >= 15 is 0 Å². The molecule has 0 aromatic carbocycles. The first-order valence-electron chi connectivity index (χ1n) is 7.02. The lowest BCUT2D eigenvalue weighted by Gasteiger charge is -2.35. The molecule has 0 bridgehead atoms. The third kappa shape index (κ3) is 3.69. The summed E-state index contributed by atoms with van der Waals surface area (Å²) in [4.78, 5) is 2.47. The van der Waals surface area contributed by atoms with Crippen molar-refractivity contribution in [1.29, 1.82) is 5.26 Å². The van der Waals surface area contributed by atoms with E-state index in [1.54, 1.807) is 0 Å². The largest absolute Gasteiger partial charge is 0.303 e. The van der Waals surface area contributed by atoms with Crippen molar-refractivity contribution in [2.75, 3.05) is 13.6 Å². The molecule has 2 saturated carbocycles. The van der Waals surface area contributed by atoms with Gasteiger partial charge in [-0.2, -0.15) is 5.26 Å². The van der Waals surface area contributed by atoms with Gasteiger partial charge in [0.2, 0.25) is 0 Å². The minimum absolute atomic E-state index is 0.304. The van der Waals surface area contributed by atoms with Crippen molar-refractivity contribution in [2.24, 2.45) is 0 Å². The van der Waals surface area contributed by atoms with Crippen LogP contribution in [0.5, 0.6) is 0 Å². The van der Waals surface area contributed by atoms with Crippen LogP contribution in [0.2, 0.25) is 0 Å². The molecule has 1 atom stereocenters. The Labute approximate surface area is 105 Å². The van der Waals surface area contributed by atoms with Crippen LogP contribution in [0.25, 0.3) is 0 Å². The van der Waals surface area contributed by atoms with Gasteiger partial charge in [0.15, 0.2) is 0 Å². The van der Waals surface area contributed by atoms with Gasteiger partial charge in [-0.25, -0.2) is 0 Å². The average Bonchev–Trinajstić information content (AvgIpc) is 2.99. The molecule has 1 unspecified atom stereocenters. The van der Waals surface area contributed by atoms with Gasteiger partial charge in [0.05, 0.1) is 6.07 Å². The molecule has 17 heavy (non-hydrogen) atoms. The minimum Gasteiger partial charge on any atom is -0.303 e. The molecule has 2 fully saturated rings. The zero-order valence-corrected chi connectivity index (χ0v) is 11.2. The standard InChI is InChI=1S/C14H25N3/c1-14(11-15,16-12-7-8-12)9-4-10-17(2)13-5-3-6-13/h12-13,16H,3-10H2,1-2H3. The first-order chi connectivity index (χ1) is 8.13. The molecule has 2 aliphatic rings. The van der Waals surface area contributed by atoms with Crippen LogP contribution < -0.4 is 5.32 Å². The summed E-state index contributed by atoms with van der Waals surface area (Å²) in [5.74, 6) is 0. The fraction of sp³-hybridized carbons (Fsp3) is 0.929. The predicted octanol–water partition coefficient (Wildman–Crippen LogP) is 2.29. The highest BCUT2D eigenvalue weighted by atomic mass is 15.1. The van der Waals surface area contributed by atoms with Crippen molar-refractivity contribution in [3.8, 4) is 6.07 Å². The Kier molecular flexibility index (Phi) is 4.06. The smallest absolute Gasteiger partial charge is 0.104 e. The van der Waals surface area contributed by atoms with Crippen molar-refractivity contribution in [2.45, 2.75) is 69.5 Å². The molecule has 0 radical (unpaired) electrons. The molecule has 0 aromatic heterocycles. The van der Waals surface area contributed by atoms with E-state index in [1.807, 2.05) is 0 Å². The Morgan fingerprint density at radius 3 is 2.53 bits per heavy atom. The summed E-state index contributed by atoms with van der Waals surface area (Å²) in [5, 5.41) is 12.7. The maximum absolute atomic E-state index is 9.27. The van der Waals surface area contributed by atoms with Gasteiger partial charge in [-0.3, -0.25) is 5.32 Å². The Balaban J connectivity index is 1.66. The summed E-state index contributed by atoms with van der Waals surface area (Å²) in [5.41, 5.74) is -0.304. The van der Waals surface area contributed by atoms with E-state index in [9.17, 15) is 5.26 Å². The summed E-state index contributed by atoms with van der Waals surface area (Å²) in [6.45, 7) is 3.18. The van der Waals surface area contributed by atoms with E-state index in [1.165, 1.54) is 32.1 Å². The van der Waals surface area contributed by atoms with Gasteiger partial charge in [0, 0.05) is 12.1 Å². The van der Waals surface area contributed by atoms with E-state index in [4.69, 9.17) is 0 Å². The van der Waals surface area contributed by atoms with Crippen LogP contribution in [0.1, 0.15) is 51.9 Å². The van der Waals surface area contributed by atoms with E-state index in [0.717, 1.165) is 25.4 Å². The molecule has 2 rings (SSSR count). The molecule has 0 heterocycles. The molecule has 2 aliphatic carbocycles.